The first-order valence-electron chi connectivity index (χ1n) is 6.42. The van der Waals surface area contributed by atoms with Crippen molar-refractivity contribution in [2.24, 2.45) is 0 Å². The van der Waals surface area contributed by atoms with E-state index in [-0.39, 0.29) is 10.6 Å². The lowest BCUT2D eigenvalue weighted by Crippen LogP contribution is -2.71. The monoisotopic (exact) mass is 259 g/mol. The van der Waals surface area contributed by atoms with E-state index in [1.165, 1.54) is 0 Å². The first-order chi connectivity index (χ1) is 7.54. The van der Waals surface area contributed by atoms with Crippen molar-refractivity contribution < 1.29 is 9.16 Å². The molecule has 0 aromatic heterocycles. The highest BCUT2D eigenvalue weighted by Crippen LogP contribution is 2.39. The molecule has 1 heterocycles. The zero-order valence-corrected chi connectivity index (χ0v) is 13.8. The van der Waals surface area contributed by atoms with Crippen molar-refractivity contribution in [2.45, 2.75) is 57.5 Å². The van der Waals surface area contributed by atoms with E-state index in [4.69, 9.17) is 9.16 Å². The van der Waals surface area contributed by atoms with E-state index in [0.717, 1.165) is 13.2 Å². The van der Waals surface area contributed by atoms with Crippen molar-refractivity contribution in [1.29, 1.82) is 0 Å². The molecule has 2 atom stereocenters. The average molecular weight is 259 g/mol. The van der Waals surface area contributed by atoms with Crippen LogP contribution < -0.4 is 0 Å². The van der Waals surface area contributed by atoms with Gasteiger partial charge in [0.15, 0.2) is 8.32 Å². The fourth-order valence-corrected chi connectivity index (χ4v) is 2.95. The van der Waals surface area contributed by atoms with E-state index in [9.17, 15) is 0 Å². The molecule has 1 aliphatic rings. The molecule has 1 fully saturated rings. The topological polar surface area (TPSA) is 21.7 Å². The van der Waals surface area contributed by atoms with Gasteiger partial charge < -0.3 is 9.16 Å². The van der Waals surface area contributed by atoms with E-state index in [1.807, 2.05) is 0 Å². The molecule has 1 rings (SSSR count). The van der Waals surface area contributed by atoms with Gasteiger partial charge in [-0.05, 0) is 32.1 Å². The predicted octanol–water partition coefficient (Wildman–Crippen LogP) is 2.73. The summed E-state index contributed by atoms with van der Waals surface area (Å²) in [5.74, 6) is 0. The third-order valence-electron chi connectivity index (χ3n) is 4.82. The van der Waals surface area contributed by atoms with Crippen LogP contribution >= 0.6 is 0 Å². The molecule has 0 aromatic carbocycles. The van der Waals surface area contributed by atoms with Crippen LogP contribution in [-0.4, -0.2) is 52.2 Å². The predicted molar refractivity (Wildman–Crippen MR) is 75.0 cm³/mol. The Morgan fingerprint density at radius 1 is 1.35 bits per heavy atom. The fraction of sp³-hybridized carbons (Fsp3) is 1.00. The number of methoxy groups -OCH3 is 1. The quantitative estimate of drug-likeness (QED) is 0.725. The molecule has 3 nitrogen and oxygen atoms in total. The number of rotatable bonds is 4. The van der Waals surface area contributed by atoms with Crippen LogP contribution in [-0.2, 0) is 9.16 Å². The molecule has 0 radical (unpaired) electrons. The second-order valence-electron chi connectivity index (χ2n) is 7.01. The highest BCUT2D eigenvalue weighted by Gasteiger charge is 2.50. The Balaban J connectivity index is 2.62. The average Bonchev–Trinajstić information content (AvgIpc) is 2.20. The molecular weight excluding hydrogens is 230 g/mol. The minimum absolute atomic E-state index is 0.0459. The van der Waals surface area contributed by atoms with E-state index >= 15 is 0 Å². The summed E-state index contributed by atoms with van der Waals surface area (Å²) in [5.41, 5.74) is 0.0459. The Morgan fingerprint density at radius 3 is 2.24 bits per heavy atom. The lowest BCUT2D eigenvalue weighted by atomic mass is 9.85. The molecule has 4 heteroatoms. The highest BCUT2D eigenvalue weighted by molar-refractivity contribution is 6.74. The molecular formula is C13H29NO2Si. The molecule has 1 aliphatic heterocycles. The summed E-state index contributed by atoms with van der Waals surface area (Å²) in [6.45, 7) is 15.5. The standard InChI is InChI=1S/C13H29NO2Si/c1-12(2,3)17(7,8)16-10-13(4)11(15-6)9-14(13)5/h11H,9-10H2,1-8H3. The van der Waals surface area contributed by atoms with Gasteiger partial charge in [0, 0.05) is 13.7 Å². The van der Waals surface area contributed by atoms with Crippen LogP contribution in [0.15, 0.2) is 0 Å². The van der Waals surface area contributed by atoms with Crippen LogP contribution in [0.4, 0.5) is 0 Å². The molecule has 102 valence electrons. The Bertz CT molecular complexity index is 275. The Kier molecular flexibility index (Phi) is 4.14. The third-order valence-corrected chi connectivity index (χ3v) is 9.30. The van der Waals surface area contributed by atoms with Gasteiger partial charge in [-0.2, -0.15) is 0 Å². The van der Waals surface area contributed by atoms with Crippen molar-refractivity contribution in [3.8, 4) is 0 Å². The van der Waals surface area contributed by atoms with Gasteiger partial charge in [-0.25, -0.2) is 0 Å². The van der Waals surface area contributed by atoms with Gasteiger partial charge in [-0.3, -0.25) is 4.90 Å². The molecule has 0 bridgehead atoms. The summed E-state index contributed by atoms with van der Waals surface area (Å²) >= 11 is 0. The second kappa shape index (κ2) is 4.65. The smallest absolute Gasteiger partial charge is 0.192 e. The van der Waals surface area contributed by atoms with Crippen molar-refractivity contribution in [3.05, 3.63) is 0 Å². The van der Waals surface area contributed by atoms with Gasteiger partial charge in [0.2, 0.25) is 0 Å². The molecule has 0 spiro atoms. The maximum absolute atomic E-state index is 6.32. The van der Waals surface area contributed by atoms with Crippen LogP contribution in [0.2, 0.25) is 18.1 Å². The maximum Gasteiger partial charge on any atom is 0.192 e. The van der Waals surface area contributed by atoms with E-state index < -0.39 is 8.32 Å². The SMILES string of the molecule is COC1CN(C)C1(C)CO[Si](C)(C)C(C)(C)C. The number of likely N-dealkylation sites (tertiary alicyclic amines) is 1. The summed E-state index contributed by atoms with van der Waals surface area (Å²) in [5, 5.41) is 0.272. The molecule has 1 saturated heterocycles. The maximum atomic E-state index is 6.32. The Labute approximate surface area is 108 Å². The molecule has 17 heavy (non-hydrogen) atoms. The Hall–Kier alpha value is 0.0969. The van der Waals surface area contributed by atoms with Gasteiger partial charge in [0.05, 0.1) is 18.2 Å². The van der Waals surface area contributed by atoms with Crippen molar-refractivity contribution in [3.63, 3.8) is 0 Å². The molecule has 0 N–H and O–H groups in total. The number of nitrogens with zero attached hydrogens (tertiary/aromatic N) is 1. The number of likely N-dealkylation sites (N-methyl/N-ethyl adjacent to an activating group) is 1. The largest absolute Gasteiger partial charge is 0.415 e. The van der Waals surface area contributed by atoms with E-state index in [2.05, 4.69) is 52.7 Å². The van der Waals surface area contributed by atoms with Crippen LogP contribution in [0.3, 0.4) is 0 Å². The normalized spacial score (nSPS) is 31.4. The van der Waals surface area contributed by atoms with Gasteiger partial charge in [0.25, 0.3) is 0 Å². The fourth-order valence-electron chi connectivity index (χ4n) is 1.86. The summed E-state index contributed by atoms with van der Waals surface area (Å²) in [6.07, 6.45) is 0.303. The van der Waals surface area contributed by atoms with Gasteiger partial charge in [-0.1, -0.05) is 20.8 Å². The lowest BCUT2D eigenvalue weighted by Gasteiger charge is -2.55. The number of hydrogen-bond donors (Lipinski definition) is 0. The zero-order chi connectivity index (χ0) is 13.5. The molecule has 2 unspecified atom stereocenters. The third kappa shape index (κ3) is 2.75. The van der Waals surface area contributed by atoms with Crippen molar-refractivity contribution in [1.82, 2.24) is 4.90 Å². The van der Waals surface area contributed by atoms with Gasteiger partial charge in [0.1, 0.15) is 0 Å². The Morgan fingerprint density at radius 2 is 1.88 bits per heavy atom. The first kappa shape index (κ1) is 15.2. The molecule has 0 amide bonds. The van der Waals surface area contributed by atoms with Crippen LogP contribution in [0, 0.1) is 0 Å². The van der Waals surface area contributed by atoms with Crippen molar-refractivity contribution in [2.75, 3.05) is 27.3 Å². The molecule has 0 saturated carbocycles. The highest BCUT2D eigenvalue weighted by atomic mass is 28.4. The minimum atomic E-state index is -1.65. The van der Waals surface area contributed by atoms with Gasteiger partial charge >= 0.3 is 0 Å². The zero-order valence-electron chi connectivity index (χ0n) is 12.8. The van der Waals surface area contributed by atoms with Crippen LogP contribution in [0.25, 0.3) is 0 Å². The second-order valence-corrected chi connectivity index (χ2v) is 11.8. The minimum Gasteiger partial charge on any atom is -0.415 e. The number of ether oxygens (including phenoxy) is 1. The van der Waals surface area contributed by atoms with E-state index in [1.54, 1.807) is 7.11 Å². The van der Waals surface area contributed by atoms with Crippen LogP contribution in [0.1, 0.15) is 27.7 Å². The van der Waals surface area contributed by atoms with Gasteiger partial charge in [-0.15, -0.1) is 0 Å². The number of hydrogen-bond acceptors (Lipinski definition) is 3. The summed E-state index contributed by atoms with van der Waals surface area (Å²) < 4.78 is 11.8. The summed E-state index contributed by atoms with van der Waals surface area (Å²) in [4.78, 5) is 2.33. The van der Waals surface area contributed by atoms with Crippen LogP contribution in [0.5, 0.6) is 0 Å². The summed E-state index contributed by atoms with van der Waals surface area (Å²) in [7, 11) is 2.29. The first-order valence-corrected chi connectivity index (χ1v) is 9.33. The van der Waals surface area contributed by atoms with E-state index in [0.29, 0.717) is 6.10 Å². The molecule has 0 aliphatic carbocycles. The summed E-state index contributed by atoms with van der Waals surface area (Å²) in [6, 6.07) is 0. The molecule has 0 aromatic rings. The van der Waals surface area contributed by atoms with Crippen molar-refractivity contribution >= 4 is 8.32 Å². The lowest BCUT2D eigenvalue weighted by molar-refractivity contribution is -0.148.